The van der Waals surface area contributed by atoms with Gasteiger partial charge in [-0.05, 0) is 49.8 Å². The summed E-state index contributed by atoms with van der Waals surface area (Å²) in [6.07, 6.45) is 4.25. The van der Waals surface area contributed by atoms with Gasteiger partial charge in [-0.2, -0.15) is 8.42 Å². The van der Waals surface area contributed by atoms with Gasteiger partial charge in [0.2, 0.25) is 0 Å². The van der Waals surface area contributed by atoms with Gasteiger partial charge >= 0.3 is 0 Å². The molecule has 7 nitrogen and oxygen atoms in total. The minimum Gasteiger partial charge on any atom is -0.391 e. The molecule has 1 saturated carbocycles. The van der Waals surface area contributed by atoms with Crippen LogP contribution in [0.25, 0.3) is 10.4 Å². The quantitative estimate of drug-likeness (QED) is 0.260. The van der Waals surface area contributed by atoms with Gasteiger partial charge < -0.3 is 5.11 Å². The molecule has 0 spiro atoms. The molecule has 0 unspecified atom stereocenters. The van der Waals surface area contributed by atoms with Crippen molar-refractivity contribution >= 4 is 10.1 Å². The fourth-order valence-electron chi connectivity index (χ4n) is 3.22. The van der Waals surface area contributed by atoms with E-state index in [4.69, 9.17) is 9.71 Å². The zero-order valence-corrected chi connectivity index (χ0v) is 15.2. The van der Waals surface area contributed by atoms with Gasteiger partial charge in [0.25, 0.3) is 10.1 Å². The Hall–Kier alpha value is -1.60. The van der Waals surface area contributed by atoms with Crippen molar-refractivity contribution in [3.63, 3.8) is 0 Å². The molecular formula is C17H25N3O4S. The summed E-state index contributed by atoms with van der Waals surface area (Å²) in [6, 6.07) is 6.22. The smallest absolute Gasteiger partial charge is 0.297 e. The molecule has 0 saturated heterocycles. The van der Waals surface area contributed by atoms with Crippen LogP contribution in [-0.2, 0) is 14.3 Å². The molecule has 1 aliphatic carbocycles. The van der Waals surface area contributed by atoms with Crippen LogP contribution in [0.2, 0.25) is 0 Å². The summed E-state index contributed by atoms with van der Waals surface area (Å²) in [5.41, 5.74) is 9.66. The highest BCUT2D eigenvalue weighted by molar-refractivity contribution is 7.86. The lowest BCUT2D eigenvalue weighted by Gasteiger charge is -2.23. The molecule has 0 aromatic heterocycles. The lowest BCUT2D eigenvalue weighted by Crippen LogP contribution is -2.26. The van der Waals surface area contributed by atoms with Crippen LogP contribution in [-0.4, -0.2) is 32.3 Å². The second-order valence-corrected chi connectivity index (χ2v) is 8.23. The minimum absolute atomic E-state index is 0.0547. The third kappa shape index (κ3) is 6.01. The van der Waals surface area contributed by atoms with Crippen LogP contribution in [0.1, 0.15) is 44.1 Å². The molecule has 0 bridgehead atoms. The fraction of sp³-hybridized carbons (Fsp3) is 0.647. The summed E-state index contributed by atoms with van der Waals surface area (Å²) < 4.78 is 29.3. The van der Waals surface area contributed by atoms with E-state index < -0.39 is 16.2 Å². The summed E-state index contributed by atoms with van der Waals surface area (Å²) in [6.45, 7) is 1.57. The van der Waals surface area contributed by atoms with E-state index in [-0.39, 0.29) is 23.5 Å². The second-order valence-electron chi connectivity index (χ2n) is 6.61. The van der Waals surface area contributed by atoms with Crippen LogP contribution >= 0.6 is 0 Å². The van der Waals surface area contributed by atoms with Crippen LogP contribution in [0.3, 0.4) is 0 Å². The van der Waals surface area contributed by atoms with Crippen molar-refractivity contribution < 1.29 is 17.7 Å². The highest BCUT2D eigenvalue weighted by Crippen LogP contribution is 2.29. The summed E-state index contributed by atoms with van der Waals surface area (Å²) in [7, 11) is -3.89. The van der Waals surface area contributed by atoms with Crippen molar-refractivity contribution in [1.82, 2.24) is 0 Å². The van der Waals surface area contributed by atoms with E-state index in [0.29, 0.717) is 6.42 Å². The number of nitrogens with zero attached hydrogens (tertiary/aromatic N) is 3. The van der Waals surface area contributed by atoms with Gasteiger partial charge in [0.15, 0.2) is 0 Å². The van der Waals surface area contributed by atoms with Crippen molar-refractivity contribution in [3.05, 3.63) is 40.3 Å². The Kier molecular flexibility index (Phi) is 7.25. The molecule has 0 heterocycles. The molecule has 1 aromatic carbocycles. The van der Waals surface area contributed by atoms with Gasteiger partial charge in [-0.25, -0.2) is 0 Å². The van der Waals surface area contributed by atoms with E-state index in [0.717, 1.165) is 37.7 Å². The number of aliphatic hydroxyl groups is 1. The molecule has 1 N–H and O–H groups in total. The number of aryl methyl sites for hydroxylation is 1. The van der Waals surface area contributed by atoms with Gasteiger partial charge in [-0.1, -0.05) is 42.1 Å². The van der Waals surface area contributed by atoms with Crippen LogP contribution in [0.5, 0.6) is 0 Å². The number of aliphatic hydroxyl groups excluding tert-OH is 1. The molecule has 1 aliphatic rings. The van der Waals surface area contributed by atoms with Gasteiger partial charge in [0, 0.05) is 11.0 Å². The summed E-state index contributed by atoms with van der Waals surface area (Å²) in [5.74, 6) is 0.0547. The molecule has 25 heavy (non-hydrogen) atoms. The lowest BCUT2D eigenvalue weighted by molar-refractivity contribution is 0.0816. The average Bonchev–Trinajstić information content (AvgIpc) is 2.79. The third-order valence-electron chi connectivity index (χ3n) is 4.62. The van der Waals surface area contributed by atoms with Crippen LogP contribution in [0.15, 0.2) is 34.3 Å². The summed E-state index contributed by atoms with van der Waals surface area (Å²) in [4.78, 5) is 2.98. The first kappa shape index (κ1) is 19.7. The number of azide groups is 1. The molecule has 2 rings (SSSR count). The average molecular weight is 367 g/mol. The number of rotatable bonds is 7. The van der Waals surface area contributed by atoms with Gasteiger partial charge in [-0.15, -0.1) is 0 Å². The Labute approximate surface area is 148 Å². The zero-order chi connectivity index (χ0) is 18.3. The van der Waals surface area contributed by atoms with Crippen molar-refractivity contribution in [2.45, 2.75) is 62.5 Å². The molecule has 0 radical (unpaired) electrons. The monoisotopic (exact) mass is 367 g/mol. The van der Waals surface area contributed by atoms with Crippen LogP contribution in [0, 0.1) is 12.8 Å². The van der Waals surface area contributed by atoms with Crippen molar-refractivity contribution in [2.24, 2.45) is 11.0 Å². The predicted molar refractivity (Wildman–Crippen MR) is 94.4 cm³/mol. The molecule has 3 atom stereocenters. The molecular weight excluding hydrogens is 342 g/mol. The van der Waals surface area contributed by atoms with E-state index in [1.165, 1.54) is 12.1 Å². The fourth-order valence-corrected chi connectivity index (χ4v) is 4.16. The maximum absolute atomic E-state index is 12.2. The Morgan fingerprint density at radius 1 is 1.28 bits per heavy atom. The Balaban J connectivity index is 1.93. The summed E-state index contributed by atoms with van der Waals surface area (Å²) >= 11 is 0. The highest BCUT2D eigenvalue weighted by Gasteiger charge is 2.26. The van der Waals surface area contributed by atoms with E-state index in [1.54, 1.807) is 12.1 Å². The van der Waals surface area contributed by atoms with Crippen molar-refractivity contribution in [1.29, 1.82) is 0 Å². The predicted octanol–water partition coefficient (Wildman–Crippen LogP) is 3.71. The Morgan fingerprint density at radius 2 is 1.96 bits per heavy atom. The van der Waals surface area contributed by atoms with E-state index in [2.05, 4.69) is 10.0 Å². The molecule has 1 aromatic rings. The molecule has 138 valence electrons. The second kappa shape index (κ2) is 9.20. The van der Waals surface area contributed by atoms with E-state index in [9.17, 15) is 13.5 Å². The number of hydrogen-bond donors (Lipinski definition) is 1. The van der Waals surface area contributed by atoms with Crippen molar-refractivity contribution in [3.8, 4) is 0 Å². The maximum atomic E-state index is 12.2. The summed E-state index contributed by atoms with van der Waals surface area (Å²) in [5, 5.41) is 14.1. The normalized spacial score (nSPS) is 22.6. The molecule has 0 aliphatic heterocycles. The topological polar surface area (TPSA) is 112 Å². The zero-order valence-electron chi connectivity index (χ0n) is 14.4. The van der Waals surface area contributed by atoms with E-state index in [1.807, 2.05) is 6.92 Å². The Morgan fingerprint density at radius 3 is 2.64 bits per heavy atom. The maximum Gasteiger partial charge on any atom is 0.297 e. The van der Waals surface area contributed by atoms with Crippen molar-refractivity contribution in [2.75, 3.05) is 6.61 Å². The standard InChI is InChI=1S/C17H25N3O4S/c1-13-7-9-16(10-8-13)25(22,23)24-12-15(21)11-14-5-3-2-4-6-17(14)19-20-18/h7-10,14-15,17,21H,2-6,11-12H2,1H3/t14-,15+,17+/m0/s1. The Bertz CT molecular complexity index is 699. The minimum atomic E-state index is -3.89. The van der Waals surface area contributed by atoms with Gasteiger partial charge in [0.1, 0.15) is 0 Å². The first-order valence-electron chi connectivity index (χ1n) is 8.61. The largest absolute Gasteiger partial charge is 0.391 e. The van der Waals surface area contributed by atoms with Crippen LogP contribution in [0.4, 0.5) is 0 Å². The highest BCUT2D eigenvalue weighted by atomic mass is 32.2. The molecule has 1 fully saturated rings. The lowest BCUT2D eigenvalue weighted by atomic mass is 9.90. The number of hydrogen-bond acceptors (Lipinski definition) is 5. The number of benzene rings is 1. The van der Waals surface area contributed by atoms with Crippen LogP contribution < -0.4 is 0 Å². The third-order valence-corrected chi connectivity index (χ3v) is 5.91. The first-order valence-corrected chi connectivity index (χ1v) is 10.0. The molecule has 8 heteroatoms. The van der Waals surface area contributed by atoms with E-state index >= 15 is 0 Å². The van der Waals surface area contributed by atoms with Gasteiger partial charge in [0.05, 0.1) is 17.6 Å². The van der Waals surface area contributed by atoms with Gasteiger partial charge in [-0.3, -0.25) is 4.18 Å². The molecule has 0 amide bonds. The SMILES string of the molecule is Cc1ccc(S(=O)(=O)OC[C@H](O)C[C@@H]2CCCCC[C@H]2N=[N+]=[N-])cc1. The first-order chi connectivity index (χ1) is 11.9.